The molecule has 3 nitrogen and oxygen atoms in total. The maximum absolute atomic E-state index is 13.3. The van der Waals surface area contributed by atoms with Crippen molar-refractivity contribution in [2.75, 3.05) is 0 Å². The topological polar surface area (TPSA) is 43.4 Å². The lowest BCUT2D eigenvalue weighted by atomic mass is 9.91. The fraction of sp³-hybridized carbons (Fsp3) is 0.167. The van der Waals surface area contributed by atoms with Crippen molar-refractivity contribution in [1.29, 1.82) is 0 Å². The number of ether oxygens (including phenoxy) is 1. The third kappa shape index (κ3) is 3.98. The second kappa shape index (κ2) is 7.58. The summed E-state index contributed by atoms with van der Waals surface area (Å²) in [6, 6.07) is 18.2. The largest absolute Gasteiger partial charge is 0.423 e. The van der Waals surface area contributed by atoms with Crippen LogP contribution < -0.4 is 4.74 Å². The summed E-state index contributed by atoms with van der Waals surface area (Å²) in [6.07, 6.45) is 0. The predicted octanol–water partition coefficient (Wildman–Crippen LogP) is 5.37. The van der Waals surface area contributed by atoms with E-state index in [0.717, 1.165) is 22.3 Å². The Labute approximate surface area is 159 Å². The lowest BCUT2D eigenvalue weighted by molar-refractivity contribution is 0.0729. The minimum absolute atomic E-state index is 0.167. The van der Waals surface area contributed by atoms with Gasteiger partial charge in [-0.15, -0.1) is 0 Å². The Morgan fingerprint density at radius 3 is 2.04 bits per heavy atom. The fourth-order valence-electron chi connectivity index (χ4n) is 3.28. The Morgan fingerprint density at radius 2 is 1.37 bits per heavy atom. The Kier molecular flexibility index (Phi) is 5.22. The number of esters is 1. The van der Waals surface area contributed by atoms with Gasteiger partial charge in [0.15, 0.2) is 5.78 Å². The third-order valence-electron chi connectivity index (χ3n) is 4.51. The maximum atomic E-state index is 13.3. The van der Waals surface area contributed by atoms with E-state index in [4.69, 9.17) is 4.74 Å². The number of rotatable bonds is 4. The van der Waals surface area contributed by atoms with E-state index in [1.807, 2.05) is 58.0 Å². The predicted molar refractivity (Wildman–Crippen MR) is 107 cm³/mol. The average Bonchev–Trinajstić information content (AvgIpc) is 2.61. The summed E-state index contributed by atoms with van der Waals surface area (Å²) in [7, 11) is 0. The minimum atomic E-state index is -0.521. The first-order chi connectivity index (χ1) is 12.9. The Hall–Kier alpha value is -3.20. The van der Waals surface area contributed by atoms with Gasteiger partial charge in [-0.3, -0.25) is 4.79 Å². The van der Waals surface area contributed by atoms with Crippen LogP contribution in [0, 0.1) is 27.7 Å². The number of ketones is 1. The molecule has 3 rings (SSSR count). The summed E-state index contributed by atoms with van der Waals surface area (Å²) >= 11 is 0. The summed E-state index contributed by atoms with van der Waals surface area (Å²) in [4.78, 5) is 26.1. The first-order valence-electron chi connectivity index (χ1n) is 8.87. The molecule has 0 unspecified atom stereocenters. The highest BCUT2D eigenvalue weighted by Gasteiger charge is 2.23. The normalized spacial score (nSPS) is 10.5. The number of carbonyl (C=O) groups is 2. The molecule has 3 aromatic carbocycles. The first kappa shape index (κ1) is 18.6. The number of benzene rings is 3. The summed E-state index contributed by atoms with van der Waals surface area (Å²) in [5, 5.41) is 0. The molecule has 136 valence electrons. The van der Waals surface area contributed by atoms with Gasteiger partial charge in [-0.05, 0) is 57.0 Å². The van der Waals surface area contributed by atoms with E-state index in [0.29, 0.717) is 22.4 Å². The molecule has 0 saturated carbocycles. The lowest BCUT2D eigenvalue weighted by Crippen LogP contribution is -2.17. The number of aryl methyl sites for hydroxylation is 4. The van der Waals surface area contributed by atoms with Gasteiger partial charge >= 0.3 is 5.97 Å². The van der Waals surface area contributed by atoms with E-state index in [1.54, 1.807) is 30.3 Å². The lowest BCUT2D eigenvalue weighted by Gasteiger charge is -2.14. The van der Waals surface area contributed by atoms with Crippen molar-refractivity contribution >= 4 is 11.8 Å². The third-order valence-corrected chi connectivity index (χ3v) is 4.51. The van der Waals surface area contributed by atoms with E-state index in [9.17, 15) is 9.59 Å². The second-order valence-corrected chi connectivity index (χ2v) is 6.85. The molecule has 0 saturated heterocycles. The second-order valence-electron chi connectivity index (χ2n) is 6.85. The SMILES string of the molecule is Cc1ccc(C(=O)c2cc(C)cc(C)c2C(=O)Oc2ccccc2)c(C)c1. The summed E-state index contributed by atoms with van der Waals surface area (Å²) in [6.45, 7) is 7.64. The number of hydrogen-bond acceptors (Lipinski definition) is 3. The molecular formula is C24H22O3. The van der Waals surface area contributed by atoms with Gasteiger partial charge in [0.2, 0.25) is 0 Å². The molecule has 0 aliphatic carbocycles. The monoisotopic (exact) mass is 358 g/mol. The van der Waals surface area contributed by atoms with Crippen molar-refractivity contribution in [2.45, 2.75) is 27.7 Å². The standard InChI is InChI=1S/C24H22O3/c1-15-10-11-20(17(3)12-15)23(25)21-14-16(2)13-18(4)22(21)24(26)27-19-8-6-5-7-9-19/h5-14H,1-4H3. The van der Waals surface area contributed by atoms with Gasteiger partial charge in [0.25, 0.3) is 0 Å². The van der Waals surface area contributed by atoms with Gasteiger partial charge in [-0.2, -0.15) is 0 Å². The molecule has 0 N–H and O–H groups in total. The van der Waals surface area contributed by atoms with E-state index < -0.39 is 5.97 Å². The van der Waals surface area contributed by atoms with Gasteiger partial charge in [0.05, 0.1) is 5.56 Å². The zero-order valence-electron chi connectivity index (χ0n) is 16.0. The molecule has 0 spiro atoms. The van der Waals surface area contributed by atoms with Crippen LogP contribution in [-0.4, -0.2) is 11.8 Å². The van der Waals surface area contributed by atoms with Crippen LogP contribution in [0.4, 0.5) is 0 Å². The van der Waals surface area contributed by atoms with Crippen molar-refractivity contribution in [3.8, 4) is 5.75 Å². The Morgan fingerprint density at radius 1 is 0.704 bits per heavy atom. The van der Waals surface area contributed by atoms with E-state index in [2.05, 4.69) is 0 Å². The zero-order chi connectivity index (χ0) is 19.6. The van der Waals surface area contributed by atoms with E-state index in [-0.39, 0.29) is 5.78 Å². The quantitative estimate of drug-likeness (QED) is 0.358. The van der Waals surface area contributed by atoms with Crippen LogP contribution in [0.3, 0.4) is 0 Å². The van der Waals surface area contributed by atoms with Gasteiger partial charge in [-0.25, -0.2) is 4.79 Å². The molecule has 0 heterocycles. The van der Waals surface area contributed by atoms with Crippen LogP contribution in [0.1, 0.15) is 48.5 Å². The number of hydrogen-bond donors (Lipinski definition) is 0. The minimum Gasteiger partial charge on any atom is -0.423 e. The molecule has 0 fully saturated rings. The highest BCUT2D eigenvalue weighted by atomic mass is 16.5. The molecule has 0 bridgehead atoms. The van der Waals surface area contributed by atoms with Crippen LogP contribution in [0.2, 0.25) is 0 Å². The van der Waals surface area contributed by atoms with Crippen molar-refractivity contribution in [2.24, 2.45) is 0 Å². The van der Waals surface area contributed by atoms with Crippen molar-refractivity contribution < 1.29 is 14.3 Å². The molecule has 0 aromatic heterocycles. The molecule has 0 amide bonds. The molecule has 27 heavy (non-hydrogen) atoms. The molecule has 3 aromatic rings. The Balaban J connectivity index is 2.07. The van der Waals surface area contributed by atoms with Gasteiger partial charge in [0.1, 0.15) is 5.75 Å². The molecule has 0 radical (unpaired) electrons. The van der Waals surface area contributed by atoms with Crippen molar-refractivity contribution in [3.05, 3.63) is 99.6 Å². The van der Waals surface area contributed by atoms with Gasteiger partial charge in [-0.1, -0.05) is 53.6 Å². The Bertz CT molecular complexity index is 1020. The maximum Gasteiger partial charge on any atom is 0.344 e. The smallest absolute Gasteiger partial charge is 0.344 e. The van der Waals surface area contributed by atoms with Gasteiger partial charge < -0.3 is 4.74 Å². The molecule has 0 aliphatic heterocycles. The van der Waals surface area contributed by atoms with Crippen molar-refractivity contribution in [3.63, 3.8) is 0 Å². The van der Waals surface area contributed by atoms with Crippen LogP contribution in [-0.2, 0) is 0 Å². The highest BCUT2D eigenvalue weighted by Crippen LogP contribution is 2.24. The first-order valence-corrected chi connectivity index (χ1v) is 8.87. The average molecular weight is 358 g/mol. The van der Waals surface area contributed by atoms with E-state index in [1.165, 1.54) is 0 Å². The fourth-order valence-corrected chi connectivity index (χ4v) is 3.28. The van der Waals surface area contributed by atoms with Gasteiger partial charge in [0, 0.05) is 11.1 Å². The molecule has 3 heteroatoms. The van der Waals surface area contributed by atoms with E-state index >= 15 is 0 Å². The summed E-state index contributed by atoms with van der Waals surface area (Å²) in [5.74, 6) is -0.237. The summed E-state index contributed by atoms with van der Waals surface area (Å²) < 4.78 is 5.51. The van der Waals surface area contributed by atoms with Crippen molar-refractivity contribution in [1.82, 2.24) is 0 Å². The van der Waals surface area contributed by atoms with Crippen LogP contribution >= 0.6 is 0 Å². The number of carbonyl (C=O) groups excluding carboxylic acids is 2. The molecule has 0 aliphatic rings. The van der Waals surface area contributed by atoms with Crippen LogP contribution in [0.5, 0.6) is 5.75 Å². The highest BCUT2D eigenvalue weighted by molar-refractivity contribution is 6.16. The molecule has 0 atom stereocenters. The van der Waals surface area contributed by atoms with Crippen LogP contribution in [0.25, 0.3) is 0 Å². The summed E-state index contributed by atoms with van der Waals surface area (Å²) in [5.41, 5.74) is 4.92. The van der Waals surface area contributed by atoms with Crippen LogP contribution in [0.15, 0.2) is 60.7 Å². The zero-order valence-corrected chi connectivity index (χ0v) is 16.0. The molecular weight excluding hydrogens is 336 g/mol. The number of para-hydroxylation sites is 1.